The summed E-state index contributed by atoms with van der Waals surface area (Å²) < 4.78 is 11.1. The van der Waals surface area contributed by atoms with Gasteiger partial charge in [-0.1, -0.05) is 160 Å². The molecule has 7 N–H and O–H groups in total. The third-order valence-electron chi connectivity index (χ3n) is 10.4. The van der Waals surface area contributed by atoms with Crippen molar-refractivity contribution in [3.63, 3.8) is 0 Å². The normalized spacial score (nSPS) is 22.5. The molecular weight excluding hydrogens is 674 g/mol. The second kappa shape index (κ2) is 33.9. The number of unbranched alkanes of at least 4 members (excludes halogenated alkanes) is 20. The quantitative estimate of drug-likeness (QED) is 0.0259. The molecule has 8 atom stereocenters. The van der Waals surface area contributed by atoms with Crippen molar-refractivity contribution < 1.29 is 44.9 Å². The van der Waals surface area contributed by atoms with E-state index < -0.39 is 55.6 Å². The van der Waals surface area contributed by atoms with Gasteiger partial charge in [0.2, 0.25) is 5.91 Å². The first-order valence-corrected chi connectivity index (χ1v) is 21.6. The molecule has 0 spiro atoms. The van der Waals surface area contributed by atoms with Crippen LogP contribution in [0.5, 0.6) is 0 Å². The molecule has 0 bridgehead atoms. The molecule has 0 radical (unpaired) electrons. The number of carbonyl (C=O) groups excluding carboxylic acids is 1. The van der Waals surface area contributed by atoms with Gasteiger partial charge in [0.25, 0.3) is 0 Å². The fourth-order valence-corrected chi connectivity index (χ4v) is 6.80. The van der Waals surface area contributed by atoms with Crippen LogP contribution in [0.15, 0.2) is 24.3 Å². The summed E-state index contributed by atoms with van der Waals surface area (Å²) in [7, 11) is 0. The van der Waals surface area contributed by atoms with Crippen LogP contribution >= 0.6 is 0 Å². The molecule has 0 aromatic rings. The van der Waals surface area contributed by atoms with Crippen LogP contribution in [-0.4, -0.2) is 98.7 Å². The molecule has 1 heterocycles. The Labute approximate surface area is 322 Å². The van der Waals surface area contributed by atoms with Crippen molar-refractivity contribution in [1.82, 2.24) is 5.32 Å². The summed E-state index contributed by atoms with van der Waals surface area (Å²) in [4.78, 5) is 13.0. The lowest BCUT2D eigenvalue weighted by Crippen LogP contribution is -2.60. The average Bonchev–Trinajstić information content (AvgIpc) is 3.16. The van der Waals surface area contributed by atoms with Gasteiger partial charge in [-0.05, 0) is 38.5 Å². The molecule has 0 aromatic heterocycles. The molecule has 312 valence electrons. The van der Waals surface area contributed by atoms with Crippen LogP contribution in [0.25, 0.3) is 0 Å². The van der Waals surface area contributed by atoms with Gasteiger partial charge in [0.15, 0.2) is 6.29 Å². The second-order valence-electron chi connectivity index (χ2n) is 15.3. The minimum absolute atomic E-state index is 0.268. The van der Waals surface area contributed by atoms with Crippen LogP contribution in [0, 0.1) is 0 Å². The molecule has 0 saturated carbocycles. The van der Waals surface area contributed by atoms with Gasteiger partial charge in [-0.2, -0.15) is 0 Å². The van der Waals surface area contributed by atoms with E-state index in [4.69, 9.17) is 9.47 Å². The number of nitrogens with one attached hydrogen (secondary N) is 1. The molecule has 1 fully saturated rings. The molecule has 1 aliphatic heterocycles. The molecule has 1 rings (SSSR count). The van der Waals surface area contributed by atoms with Crippen LogP contribution < -0.4 is 5.32 Å². The summed E-state index contributed by atoms with van der Waals surface area (Å²) in [6.45, 7) is 3.54. The number of amides is 1. The maximum absolute atomic E-state index is 13.0. The Kier molecular flexibility index (Phi) is 31.8. The third-order valence-corrected chi connectivity index (χ3v) is 10.4. The number of rotatable bonds is 35. The number of aliphatic hydroxyl groups is 6. The maximum atomic E-state index is 13.0. The molecule has 10 nitrogen and oxygen atoms in total. The first-order chi connectivity index (χ1) is 25.8. The Morgan fingerprint density at radius 1 is 0.660 bits per heavy atom. The van der Waals surface area contributed by atoms with E-state index >= 15 is 0 Å². The van der Waals surface area contributed by atoms with E-state index in [2.05, 4.69) is 43.5 Å². The Morgan fingerprint density at radius 2 is 1.17 bits per heavy atom. The monoisotopic (exact) mass is 756 g/mol. The summed E-state index contributed by atoms with van der Waals surface area (Å²) >= 11 is 0. The standard InChI is InChI=1S/C43H81NO9/c1-3-5-7-9-11-13-15-17-18-19-20-22-24-26-28-30-32-38(47)44-35(34-52-43-42(51)41(50)40(49)37(33-45)53-43)39(48)36(46)31-29-27-25-23-21-16-14-12-10-8-6-4-2/h9,11,15,17,35-37,39-43,45-46,48-51H,3-8,10,12-14,16,18-34H2,1-2H3,(H,44,47)/b11-9-,17-15-/t35-,36+,37?,39-,40?,41?,42?,43?/m0/s1. The number of hydrogen-bond acceptors (Lipinski definition) is 9. The molecule has 1 aliphatic rings. The predicted octanol–water partition coefficient (Wildman–Crippen LogP) is 7.30. The molecule has 1 saturated heterocycles. The minimum atomic E-state index is -1.61. The van der Waals surface area contributed by atoms with Gasteiger partial charge >= 0.3 is 0 Å². The van der Waals surface area contributed by atoms with Crippen LogP contribution in [-0.2, 0) is 14.3 Å². The molecule has 1 amide bonds. The fraction of sp³-hybridized carbons (Fsp3) is 0.884. The van der Waals surface area contributed by atoms with Gasteiger partial charge in [-0.25, -0.2) is 0 Å². The Balaban J connectivity index is 2.44. The SMILES string of the molecule is CCCC/C=C\C/C=C\CCCCCCCCCC(=O)N[C@@H](COC1OC(CO)C(O)C(O)C1O)[C@H](O)[C@H](O)CCCCCCCCCCCCCC. The predicted molar refractivity (Wildman–Crippen MR) is 213 cm³/mol. The lowest BCUT2D eigenvalue weighted by Gasteiger charge is -2.40. The largest absolute Gasteiger partial charge is 0.394 e. The van der Waals surface area contributed by atoms with Gasteiger partial charge in [-0.3, -0.25) is 4.79 Å². The molecular formula is C43H81NO9. The van der Waals surface area contributed by atoms with Crippen molar-refractivity contribution >= 4 is 5.91 Å². The Hall–Kier alpha value is -1.37. The topological polar surface area (TPSA) is 169 Å². The molecule has 0 aromatic carbocycles. The Bertz CT molecular complexity index is 901. The molecule has 10 heteroatoms. The number of allylic oxidation sites excluding steroid dienone is 4. The van der Waals surface area contributed by atoms with Gasteiger partial charge in [0, 0.05) is 6.42 Å². The average molecular weight is 756 g/mol. The summed E-state index contributed by atoms with van der Waals surface area (Å²) in [6, 6.07) is -0.992. The van der Waals surface area contributed by atoms with E-state index in [9.17, 15) is 35.4 Å². The summed E-state index contributed by atoms with van der Waals surface area (Å²) in [5.41, 5.74) is 0. The van der Waals surface area contributed by atoms with Gasteiger partial charge < -0.3 is 45.4 Å². The highest BCUT2D eigenvalue weighted by atomic mass is 16.7. The van der Waals surface area contributed by atoms with Crippen molar-refractivity contribution in [3.05, 3.63) is 24.3 Å². The number of carbonyl (C=O) groups is 1. The van der Waals surface area contributed by atoms with Crippen molar-refractivity contribution in [2.24, 2.45) is 0 Å². The van der Waals surface area contributed by atoms with Gasteiger partial charge in [0.1, 0.15) is 30.5 Å². The van der Waals surface area contributed by atoms with E-state index in [1.165, 1.54) is 89.9 Å². The van der Waals surface area contributed by atoms with Crippen molar-refractivity contribution in [2.45, 2.75) is 230 Å². The number of aliphatic hydroxyl groups excluding tert-OH is 6. The third kappa shape index (κ3) is 24.7. The van der Waals surface area contributed by atoms with Crippen LogP contribution in [0.2, 0.25) is 0 Å². The maximum Gasteiger partial charge on any atom is 0.220 e. The summed E-state index contributed by atoms with van der Waals surface area (Å²) in [5.74, 6) is -0.268. The fourth-order valence-electron chi connectivity index (χ4n) is 6.80. The lowest BCUT2D eigenvalue weighted by atomic mass is 9.98. The van der Waals surface area contributed by atoms with Crippen molar-refractivity contribution in [1.29, 1.82) is 0 Å². The zero-order chi connectivity index (χ0) is 38.9. The van der Waals surface area contributed by atoms with E-state index in [0.717, 1.165) is 57.8 Å². The number of hydrogen-bond donors (Lipinski definition) is 7. The summed E-state index contributed by atoms with van der Waals surface area (Å²) in [5, 5.41) is 65.0. The van der Waals surface area contributed by atoms with E-state index in [1.807, 2.05) is 0 Å². The van der Waals surface area contributed by atoms with E-state index in [1.54, 1.807) is 0 Å². The molecule has 53 heavy (non-hydrogen) atoms. The van der Waals surface area contributed by atoms with E-state index in [-0.39, 0.29) is 18.9 Å². The van der Waals surface area contributed by atoms with E-state index in [0.29, 0.717) is 12.8 Å². The molecule has 0 aliphatic carbocycles. The zero-order valence-corrected chi connectivity index (χ0v) is 33.6. The summed E-state index contributed by atoms with van der Waals surface area (Å²) in [6.07, 6.45) is 27.5. The number of ether oxygens (including phenoxy) is 2. The zero-order valence-electron chi connectivity index (χ0n) is 33.6. The first kappa shape index (κ1) is 49.6. The van der Waals surface area contributed by atoms with Crippen molar-refractivity contribution in [3.8, 4) is 0 Å². The first-order valence-electron chi connectivity index (χ1n) is 21.6. The van der Waals surface area contributed by atoms with Crippen LogP contribution in [0.1, 0.15) is 181 Å². The van der Waals surface area contributed by atoms with Gasteiger partial charge in [0.05, 0.1) is 25.4 Å². The lowest BCUT2D eigenvalue weighted by molar-refractivity contribution is -0.303. The highest BCUT2D eigenvalue weighted by Crippen LogP contribution is 2.23. The highest BCUT2D eigenvalue weighted by Gasteiger charge is 2.44. The van der Waals surface area contributed by atoms with Gasteiger partial charge in [-0.15, -0.1) is 0 Å². The van der Waals surface area contributed by atoms with Crippen LogP contribution in [0.4, 0.5) is 0 Å². The molecule has 5 unspecified atom stereocenters. The smallest absolute Gasteiger partial charge is 0.220 e. The second-order valence-corrected chi connectivity index (χ2v) is 15.3. The Morgan fingerprint density at radius 3 is 1.74 bits per heavy atom. The highest BCUT2D eigenvalue weighted by molar-refractivity contribution is 5.76. The minimum Gasteiger partial charge on any atom is -0.394 e. The van der Waals surface area contributed by atoms with Crippen LogP contribution in [0.3, 0.4) is 0 Å². The van der Waals surface area contributed by atoms with Crippen molar-refractivity contribution in [2.75, 3.05) is 13.2 Å².